The van der Waals surface area contributed by atoms with Crippen LogP contribution in [0.5, 0.6) is 0 Å². The van der Waals surface area contributed by atoms with Gasteiger partial charge in [0.05, 0.1) is 0 Å². The zero-order valence-electron chi connectivity index (χ0n) is 14.8. The lowest BCUT2D eigenvalue weighted by atomic mass is 9.83. The van der Waals surface area contributed by atoms with Gasteiger partial charge >= 0.3 is 0 Å². The quantitative estimate of drug-likeness (QED) is 0.625. The van der Waals surface area contributed by atoms with Crippen LogP contribution in [0.3, 0.4) is 0 Å². The zero-order valence-corrected chi connectivity index (χ0v) is 14.8. The molecule has 0 N–H and O–H groups in total. The molecule has 0 amide bonds. The van der Waals surface area contributed by atoms with E-state index in [0.717, 1.165) is 38.5 Å². The van der Waals surface area contributed by atoms with Crippen LogP contribution in [0.1, 0.15) is 50.7 Å². The van der Waals surface area contributed by atoms with Crippen molar-refractivity contribution in [1.82, 2.24) is 0 Å². The first kappa shape index (κ1) is 17.2. The summed E-state index contributed by atoms with van der Waals surface area (Å²) >= 11 is 0. The molecule has 1 heterocycles. The lowest BCUT2D eigenvalue weighted by molar-refractivity contribution is -0.346. The summed E-state index contributed by atoms with van der Waals surface area (Å²) in [6.07, 6.45) is 6.23. The lowest BCUT2D eigenvalue weighted by Gasteiger charge is -2.23. The van der Waals surface area contributed by atoms with Gasteiger partial charge in [0, 0.05) is 6.42 Å². The minimum Gasteiger partial charge on any atom is -0.230 e. The van der Waals surface area contributed by atoms with E-state index in [2.05, 4.69) is 74.5 Å². The highest BCUT2D eigenvalue weighted by Gasteiger charge is 2.45. The molecule has 2 nitrogen and oxygen atoms in total. The summed E-state index contributed by atoms with van der Waals surface area (Å²) in [4.78, 5) is 11.6. The number of benzene rings is 2. The van der Waals surface area contributed by atoms with Gasteiger partial charge in [-0.1, -0.05) is 60.7 Å². The molecule has 0 aliphatic carbocycles. The predicted octanol–water partition coefficient (Wildman–Crippen LogP) is 5.51. The van der Waals surface area contributed by atoms with Gasteiger partial charge in [0.25, 0.3) is 0 Å². The van der Waals surface area contributed by atoms with Crippen LogP contribution in [0.15, 0.2) is 60.7 Å². The van der Waals surface area contributed by atoms with Gasteiger partial charge in [-0.2, -0.15) is 0 Å². The molecular formula is C22H28O2. The van der Waals surface area contributed by atoms with E-state index in [0.29, 0.717) is 0 Å². The maximum atomic E-state index is 5.78. The van der Waals surface area contributed by atoms with Crippen LogP contribution in [0.2, 0.25) is 0 Å². The molecule has 2 aromatic rings. The number of rotatable bonds is 7. The largest absolute Gasteiger partial charge is 0.230 e. The lowest BCUT2D eigenvalue weighted by Crippen LogP contribution is -2.29. The van der Waals surface area contributed by atoms with Gasteiger partial charge in [-0.25, -0.2) is 9.78 Å². The average molecular weight is 324 g/mol. The molecular weight excluding hydrogens is 296 g/mol. The van der Waals surface area contributed by atoms with Crippen molar-refractivity contribution in [3.63, 3.8) is 0 Å². The Morgan fingerprint density at radius 1 is 0.708 bits per heavy atom. The van der Waals surface area contributed by atoms with Crippen molar-refractivity contribution in [3.8, 4) is 0 Å². The Kier molecular flexibility index (Phi) is 5.37. The topological polar surface area (TPSA) is 18.5 Å². The van der Waals surface area contributed by atoms with Crippen LogP contribution < -0.4 is 0 Å². The van der Waals surface area contributed by atoms with E-state index in [-0.39, 0.29) is 11.2 Å². The molecule has 0 aromatic heterocycles. The Labute approximate surface area is 145 Å². The fraction of sp³-hybridized carbons (Fsp3) is 0.455. The van der Waals surface area contributed by atoms with Crippen molar-refractivity contribution < 1.29 is 9.78 Å². The standard InChI is InChI=1S/C22H28O2/c1-21(16-9-14-19-10-5-3-6-11-19)18-22(2,24-23-21)17-15-20-12-7-4-8-13-20/h3-8,10-13H,9,14-18H2,1-2H3. The average Bonchev–Trinajstić information content (AvgIpc) is 2.91. The van der Waals surface area contributed by atoms with E-state index >= 15 is 0 Å². The maximum absolute atomic E-state index is 5.78. The second-order valence-corrected chi connectivity index (χ2v) is 7.57. The normalized spacial score (nSPS) is 26.6. The van der Waals surface area contributed by atoms with Gasteiger partial charge < -0.3 is 0 Å². The van der Waals surface area contributed by atoms with Crippen LogP contribution in [0.25, 0.3) is 0 Å². The fourth-order valence-electron chi connectivity index (χ4n) is 3.68. The molecule has 0 spiro atoms. The molecule has 0 bridgehead atoms. The molecule has 0 radical (unpaired) electrons. The SMILES string of the molecule is CC1(CCCc2ccccc2)CC(C)(CCc2ccccc2)OO1. The van der Waals surface area contributed by atoms with E-state index in [9.17, 15) is 0 Å². The Bertz CT molecular complexity index is 625. The molecule has 1 fully saturated rings. The van der Waals surface area contributed by atoms with Crippen molar-refractivity contribution in [2.24, 2.45) is 0 Å². The molecule has 0 saturated carbocycles. The van der Waals surface area contributed by atoms with Crippen LogP contribution in [-0.4, -0.2) is 11.2 Å². The second-order valence-electron chi connectivity index (χ2n) is 7.57. The van der Waals surface area contributed by atoms with Crippen molar-refractivity contribution >= 4 is 0 Å². The second kappa shape index (κ2) is 7.50. The monoisotopic (exact) mass is 324 g/mol. The highest BCUT2D eigenvalue weighted by atomic mass is 17.2. The van der Waals surface area contributed by atoms with E-state index in [1.165, 1.54) is 11.1 Å². The minimum absolute atomic E-state index is 0.166. The van der Waals surface area contributed by atoms with Crippen LogP contribution in [0.4, 0.5) is 0 Å². The van der Waals surface area contributed by atoms with Gasteiger partial charge in [-0.15, -0.1) is 0 Å². The summed E-state index contributed by atoms with van der Waals surface area (Å²) in [5.74, 6) is 0. The molecule has 1 saturated heterocycles. The first-order valence-electron chi connectivity index (χ1n) is 9.02. The van der Waals surface area contributed by atoms with Gasteiger partial charge in [0.1, 0.15) is 11.2 Å². The van der Waals surface area contributed by atoms with Crippen LogP contribution in [0, 0.1) is 0 Å². The summed E-state index contributed by atoms with van der Waals surface area (Å²) in [5, 5.41) is 0. The van der Waals surface area contributed by atoms with Crippen LogP contribution >= 0.6 is 0 Å². The van der Waals surface area contributed by atoms with Gasteiger partial charge in [0.2, 0.25) is 0 Å². The number of aryl methyl sites for hydroxylation is 2. The molecule has 3 rings (SSSR count). The first-order chi connectivity index (χ1) is 11.6. The molecule has 2 atom stereocenters. The van der Waals surface area contributed by atoms with Gasteiger partial charge in [-0.3, -0.25) is 0 Å². The Balaban J connectivity index is 1.47. The van der Waals surface area contributed by atoms with Crippen molar-refractivity contribution in [2.75, 3.05) is 0 Å². The smallest absolute Gasteiger partial charge is 0.104 e. The minimum atomic E-state index is -0.183. The van der Waals surface area contributed by atoms with E-state index in [4.69, 9.17) is 9.78 Å². The van der Waals surface area contributed by atoms with Gasteiger partial charge in [-0.05, 0) is 57.1 Å². The summed E-state index contributed by atoms with van der Waals surface area (Å²) in [6.45, 7) is 4.37. The molecule has 1 aliphatic rings. The Morgan fingerprint density at radius 2 is 1.21 bits per heavy atom. The Hall–Kier alpha value is -1.64. The molecule has 2 unspecified atom stereocenters. The molecule has 1 aliphatic heterocycles. The highest BCUT2D eigenvalue weighted by molar-refractivity contribution is 5.16. The van der Waals surface area contributed by atoms with Gasteiger partial charge in [0.15, 0.2) is 0 Å². The third kappa shape index (κ3) is 4.68. The van der Waals surface area contributed by atoms with E-state index < -0.39 is 0 Å². The number of hydrogen-bond acceptors (Lipinski definition) is 2. The van der Waals surface area contributed by atoms with Crippen molar-refractivity contribution in [1.29, 1.82) is 0 Å². The molecule has 128 valence electrons. The zero-order chi connectivity index (χ0) is 16.9. The number of hydrogen-bond donors (Lipinski definition) is 0. The summed E-state index contributed by atoms with van der Waals surface area (Å²) in [5.41, 5.74) is 2.41. The van der Waals surface area contributed by atoms with Crippen LogP contribution in [-0.2, 0) is 22.6 Å². The van der Waals surface area contributed by atoms with E-state index in [1.54, 1.807) is 0 Å². The summed E-state index contributed by atoms with van der Waals surface area (Å²) in [7, 11) is 0. The molecule has 2 aromatic carbocycles. The fourth-order valence-corrected chi connectivity index (χ4v) is 3.68. The van der Waals surface area contributed by atoms with Crippen molar-refractivity contribution in [3.05, 3.63) is 71.8 Å². The molecule has 24 heavy (non-hydrogen) atoms. The predicted molar refractivity (Wildman–Crippen MR) is 97.7 cm³/mol. The highest BCUT2D eigenvalue weighted by Crippen LogP contribution is 2.41. The maximum Gasteiger partial charge on any atom is 0.104 e. The Morgan fingerprint density at radius 3 is 1.79 bits per heavy atom. The van der Waals surface area contributed by atoms with E-state index in [1.807, 2.05) is 0 Å². The third-order valence-electron chi connectivity index (χ3n) is 4.99. The first-order valence-corrected chi connectivity index (χ1v) is 9.02. The van der Waals surface area contributed by atoms with Crippen molar-refractivity contribution in [2.45, 2.75) is 63.6 Å². The third-order valence-corrected chi connectivity index (χ3v) is 4.99. The summed E-state index contributed by atoms with van der Waals surface area (Å²) < 4.78 is 0. The molecule has 2 heteroatoms. The summed E-state index contributed by atoms with van der Waals surface area (Å²) in [6, 6.07) is 21.3.